The Hall–Kier alpha value is -3.72. The van der Waals surface area contributed by atoms with Gasteiger partial charge in [0.25, 0.3) is 0 Å². The van der Waals surface area contributed by atoms with Crippen LogP contribution in [0.3, 0.4) is 0 Å². The van der Waals surface area contributed by atoms with Gasteiger partial charge in [0.2, 0.25) is 11.8 Å². The summed E-state index contributed by atoms with van der Waals surface area (Å²) in [5.74, 6) is 2.31. The highest BCUT2D eigenvalue weighted by Crippen LogP contribution is 2.38. The molecule has 0 unspecified atom stereocenters. The number of nitrogens with zero attached hydrogens (tertiary/aromatic N) is 4. The first-order valence-electron chi connectivity index (χ1n) is 12.2. The third kappa shape index (κ3) is 4.24. The molecule has 2 saturated heterocycles. The van der Waals surface area contributed by atoms with Gasteiger partial charge >= 0.3 is 0 Å². The van der Waals surface area contributed by atoms with Crippen molar-refractivity contribution in [3.05, 3.63) is 47.6 Å². The van der Waals surface area contributed by atoms with Crippen molar-refractivity contribution in [2.24, 2.45) is 5.41 Å². The van der Waals surface area contributed by atoms with Crippen molar-refractivity contribution in [3.63, 3.8) is 0 Å². The summed E-state index contributed by atoms with van der Waals surface area (Å²) in [6, 6.07) is 5.60. The van der Waals surface area contributed by atoms with Gasteiger partial charge in [0, 0.05) is 32.0 Å². The summed E-state index contributed by atoms with van der Waals surface area (Å²) in [5.41, 5.74) is 4.31. The summed E-state index contributed by atoms with van der Waals surface area (Å²) in [6.45, 7) is 5.67. The predicted octanol–water partition coefficient (Wildman–Crippen LogP) is 3.80. The highest BCUT2D eigenvalue weighted by molar-refractivity contribution is 5.87. The minimum atomic E-state index is 0.169. The molecule has 36 heavy (non-hydrogen) atoms. The maximum absolute atomic E-state index is 12.4. The van der Waals surface area contributed by atoms with Crippen LogP contribution in [0.4, 0.5) is 0 Å². The number of pyridine rings is 1. The Morgan fingerprint density at radius 2 is 2.00 bits per heavy atom. The average molecular weight is 489 g/mol. The van der Waals surface area contributed by atoms with Gasteiger partial charge < -0.3 is 23.8 Å². The van der Waals surface area contributed by atoms with Crippen LogP contribution in [0.15, 0.2) is 36.3 Å². The molecule has 2 fully saturated rings. The smallest absolute Gasteiger partial charge is 0.230 e. The van der Waals surface area contributed by atoms with E-state index in [1.807, 2.05) is 23.1 Å². The van der Waals surface area contributed by atoms with E-state index >= 15 is 0 Å². The molecule has 0 N–H and O–H groups in total. The molecule has 2 aromatic heterocycles. The maximum Gasteiger partial charge on any atom is 0.230 e. The Balaban J connectivity index is 1.11. The second kappa shape index (κ2) is 9.05. The van der Waals surface area contributed by atoms with Gasteiger partial charge in [-0.25, -0.2) is 9.97 Å². The monoisotopic (exact) mass is 488 g/mol. The van der Waals surface area contributed by atoms with Crippen LogP contribution in [0.2, 0.25) is 0 Å². The van der Waals surface area contributed by atoms with Gasteiger partial charge in [-0.05, 0) is 31.0 Å². The van der Waals surface area contributed by atoms with E-state index in [9.17, 15) is 4.79 Å². The molecule has 4 heterocycles. The van der Waals surface area contributed by atoms with Gasteiger partial charge in [-0.15, -0.1) is 0 Å². The van der Waals surface area contributed by atoms with Crippen LogP contribution in [0.25, 0.3) is 17.0 Å². The number of carbonyl (C=O) groups excluding carboxylic acids is 1. The summed E-state index contributed by atoms with van der Waals surface area (Å²) in [5, 5.41) is 0.704. The molecular formula is C27H28N4O5. The zero-order valence-electron chi connectivity index (χ0n) is 20.5. The van der Waals surface area contributed by atoms with E-state index in [2.05, 4.69) is 28.0 Å². The Morgan fingerprint density at radius 1 is 1.14 bits per heavy atom. The third-order valence-electron chi connectivity index (χ3n) is 6.94. The molecule has 3 aliphatic rings. The first-order chi connectivity index (χ1) is 17.5. The van der Waals surface area contributed by atoms with E-state index in [0.29, 0.717) is 53.5 Å². The van der Waals surface area contributed by atoms with Gasteiger partial charge in [-0.3, -0.25) is 9.78 Å². The number of rotatable bonds is 8. The molecule has 186 valence electrons. The van der Waals surface area contributed by atoms with Crippen LogP contribution in [-0.4, -0.2) is 65.8 Å². The zero-order valence-corrected chi connectivity index (χ0v) is 20.5. The number of likely N-dealkylation sites (tertiary alicyclic amines) is 1. The molecule has 1 aliphatic carbocycles. The van der Waals surface area contributed by atoms with E-state index in [1.54, 1.807) is 13.3 Å². The molecule has 1 spiro atoms. The molecule has 0 radical (unpaired) electrons. The maximum atomic E-state index is 12.4. The number of ether oxygens (including phenoxy) is 4. The van der Waals surface area contributed by atoms with Gasteiger partial charge in [0.15, 0.2) is 11.5 Å². The number of methoxy groups -OCH3 is 1. The van der Waals surface area contributed by atoms with Crippen molar-refractivity contribution in [3.8, 4) is 23.1 Å². The van der Waals surface area contributed by atoms with Crippen LogP contribution in [-0.2, 0) is 16.0 Å². The third-order valence-corrected chi connectivity index (χ3v) is 6.94. The number of hydrogen-bond acceptors (Lipinski definition) is 8. The van der Waals surface area contributed by atoms with E-state index in [1.165, 1.54) is 11.9 Å². The fraction of sp³-hybridized carbons (Fsp3) is 0.407. The van der Waals surface area contributed by atoms with Crippen LogP contribution in [0, 0.1) is 5.41 Å². The molecule has 0 atom stereocenters. The summed E-state index contributed by atoms with van der Waals surface area (Å²) < 4.78 is 22.9. The molecule has 9 nitrogen and oxygen atoms in total. The zero-order chi connectivity index (χ0) is 24.7. The van der Waals surface area contributed by atoms with Crippen LogP contribution in [0.1, 0.15) is 31.0 Å². The topological polar surface area (TPSA) is 95.9 Å². The average Bonchev–Trinajstić information content (AvgIpc) is 3.19. The number of benzene rings is 1. The number of carbonyl (C=O) groups is 1. The second-order valence-corrected chi connectivity index (χ2v) is 9.87. The molecule has 1 aromatic carbocycles. The Bertz CT molecular complexity index is 1360. The molecular weight excluding hydrogens is 460 g/mol. The van der Waals surface area contributed by atoms with Gasteiger partial charge in [0.1, 0.15) is 12.1 Å². The first-order valence-corrected chi connectivity index (χ1v) is 12.2. The van der Waals surface area contributed by atoms with E-state index in [0.717, 1.165) is 44.0 Å². The lowest BCUT2D eigenvalue weighted by atomic mass is 9.78. The van der Waals surface area contributed by atoms with Crippen molar-refractivity contribution in [2.45, 2.75) is 26.2 Å². The molecule has 3 aromatic rings. The Labute approximate surface area is 209 Å². The van der Waals surface area contributed by atoms with Crippen molar-refractivity contribution in [2.75, 3.05) is 40.0 Å². The fourth-order valence-corrected chi connectivity index (χ4v) is 4.98. The quantitative estimate of drug-likeness (QED) is 0.442. The van der Waals surface area contributed by atoms with E-state index in [4.69, 9.17) is 18.9 Å². The summed E-state index contributed by atoms with van der Waals surface area (Å²) in [6.07, 6.45) is 7.25. The molecule has 0 bridgehead atoms. The fourth-order valence-electron chi connectivity index (χ4n) is 4.98. The van der Waals surface area contributed by atoms with Crippen molar-refractivity contribution in [1.29, 1.82) is 0 Å². The summed E-state index contributed by atoms with van der Waals surface area (Å²) >= 11 is 0. The molecule has 1 amide bonds. The lowest BCUT2D eigenvalue weighted by Gasteiger charge is -2.55. The van der Waals surface area contributed by atoms with Crippen molar-refractivity contribution in [1.82, 2.24) is 19.9 Å². The Kier molecular flexibility index (Phi) is 5.72. The van der Waals surface area contributed by atoms with E-state index in [-0.39, 0.29) is 11.3 Å². The number of amides is 1. The van der Waals surface area contributed by atoms with Gasteiger partial charge in [-0.1, -0.05) is 11.6 Å². The SMILES string of the molecule is COc1cc2c(Oc3cnc4c(c3)C=C(C)C4)ncnc2cc1OCCCC(=O)N1CC2(COC2)C1. The van der Waals surface area contributed by atoms with Crippen LogP contribution in [0.5, 0.6) is 23.1 Å². The van der Waals surface area contributed by atoms with Gasteiger partial charge in [0.05, 0.1) is 55.1 Å². The number of aromatic nitrogens is 3. The lowest BCUT2D eigenvalue weighted by molar-refractivity contribution is -0.195. The van der Waals surface area contributed by atoms with Crippen LogP contribution >= 0.6 is 0 Å². The summed E-state index contributed by atoms with van der Waals surface area (Å²) in [4.78, 5) is 27.6. The minimum absolute atomic E-state index is 0.169. The number of fused-ring (bicyclic) bond motifs is 2. The number of hydrogen-bond donors (Lipinski definition) is 0. The predicted molar refractivity (Wildman–Crippen MR) is 132 cm³/mol. The molecule has 2 aliphatic heterocycles. The summed E-state index contributed by atoms with van der Waals surface area (Å²) in [7, 11) is 1.59. The van der Waals surface area contributed by atoms with E-state index < -0.39 is 0 Å². The second-order valence-electron chi connectivity index (χ2n) is 9.87. The normalized spacial score (nSPS) is 17.3. The Morgan fingerprint density at radius 3 is 2.78 bits per heavy atom. The highest BCUT2D eigenvalue weighted by atomic mass is 16.5. The lowest BCUT2D eigenvalue weighted by Crippen LogP contribution is -2.67. The van der Waals surface area contributed by atoms with Gasteiger partial charge in [-0.2, -0.15) is 0 Å². The largest absolute Gasteiger partial charge is 0.493 e. The molecule has 9 heteroatoms. The molecule has 0 saturated carbocycles. The van der Waals surface area contributed by atoms with Crippen LogP contribution < -0.4 is 14.2 Å². The molecule has 6 rings (SSSR count). The number of allylic oxidation sites excluding steroid dienone is 1. The minimum Gasteiger partial charge on any atom is -0.493 e. The highest BCUT2D eigenvalue weighted by Gasteiger charge is 2.50. The van der Waals surface area contributed by atoms with Crippen molar-refractivity contribution >= 4 is 22.9 Å². The first kappa shape index (κ1) is 22.7. The standard InChI is InChI=1S/C27H28N4O5/c1-17-6-18-8-19(11-28-21(18)7-17)36-26-20-9-23(33-2)24(10-22(20)29-16-30-26)35-5-3-4-25(32)31-12-27(13-31)14-34-15-27/h6,8-11,16H,3-5,7,12-15H2,1-2H3. The van der Waals surface area contributed by atoms with Crippen molar-refractivity contribution < 1.29 is 23.7 Å².